The maximum Gasteiger partial charge on any atom is 0.514 e. The van der Waals surface area contributed by atoms with Crippen LogP contribution in [-0.2, 0) is 19.1 Å². The van der Waals surface area contributed by atoms with Crippen LogP contribution < -0.4 is 0 Å². The van der Waals surface area contributed by atoms with Crippen molar-refractivity contribution in [2.45, 2.75) is 0 Å². The van der Waals surface area contributed by atoms with E-state index in [0.717, 1.165) is 0 Å². The number of carbonyl (C=O) groups is 4. The van der Waals surface area contributed by atoms with Gasteiger partial charge in [0.2, 0.25) is 0 Å². The van der Waals surface area contributed by atoms with Crippen LogP contribution in [0.15, 0.2) is 0 Å². The van der Waals surface area contributed by atoms with E-state index in [4.69, 9.17) is 10.2 Å². The first kappa shape index (κ1) is 31.2. The Kier molecular flexibility index (Phi) is 34.4. The van der Waals surface area contributed by atoms with Gasteiger partial charge in [-0.05, 0) is 0 Å². The molecule has 0 aliphatic rings. The predicted molar refractivity (Wildman–Crippen MR) is 28.2 cm³/mol. The largest absolute Gasteiger partial charge is 0.514 e. The fraction of sp³-hybridized carbons (Fsp3) is 0. The van der Waals surface area contributed by atoms with Crippen molar-refractivity contribution in [3.63, 3.8) is 0 Å². The Bertz CT molecular complexity index is 226. The topological polar surface area (TPSA) is 127 Å². The molecule has 0 aliphatic heterocycles. The van der Waals surface area contributed by atoms with Crippen molar-refractivity contribution in [2.75, 3.05) is 0 Å². The summed E-state index contributed by atoms with van der Waals surface area (Å²) in [7, 11) is 0. The molecule has 0 aromatic heterocycles. The van der Waals surface area contributed by atoms with E-state index in [9.17, 15) is 19.2 Å². The Morgan fingerprint density at radius 3 is 0.938 bits per heavy atom. The number of carboxylic acid groups (broad SMARTS) is 2. The summed E-state index contributed by atoms with van der Waals surface area (Å²) in [5.41, 5.74) is 0. The van der Waals surface area contributed by atoms with Crippen molar-refractivity contribution in [1.29, 1.82) is 0 Å². The van der Waals surface area contributed by atoms with Crippen molar-refractivity contribution in [1.82, 2.24) is 0 Å². The zero-order valence-electron chi connectivity index (χ0n) is 7.65. The molecule has 0 aromatic carbocycles. The normalized spacial score (nSPS) is 6.25. The van der Waals surface area contributed by atoms with Crippen LogP contribution in [-0.4, -0.2) is 34.5 Å². The van der Waals surface area contributed by atoms with Crippen molar-refractivity contribution < 1.29 is 181 Å². The van der Waals surface area contributed by atoms with Gasteiger partial charge >= 0.3 is 24.2 Å². The van der Waals surface area contributed by atoms with Crippen molar-refractivity contribution >= 4 is 24.2 Å². The summed E-state index contributed by atoms with van der Waals surface area (Å²) >= 11 is 0. The molecule has 0 bridgehead atoms. The zero-order valence-corrected chi connectivity index (χ0v) is 22.2. The molecule has 0 aliphatic carbocycles. The second kappa shape index (κ2) is 17.7. The second-order valence-electron chi connectivity index (χ2n) is 1.31. The van der Waals surface area contributed by atoms with Crippen molar-refractivity contribution in [2.24, 2.45) is 0 Å². The van der Waals surface area contributed by atoms with E-state index >= 15 is 0 Å². The van der Waals surface area contributed by atoms with Gasteiger partial charge in [-0.25, -0.2) is 19.2 Å². The molecule has 0 unspecified atom stereocenters. The molecule has 0 saturated carbocycles. The summed E-state index contributed by atoms with van der Waals surface area (Å²) in [5.74, 6) is -3.82. The van der Waals surface area contributed by atoms with Crippen LogP contribution in [0.4, 0.5) is 9.59 Å². The zero-order chi connectivity index (χ0) is 9.72. The van der Waals surface area contributed by atoms with E-state index in [0.29, 0.717) is 0 Å². The first-order chi connectivity index (χ1) is 5.43. The molecule has 78 valence electrons. The molecule has 8 nitrogen and oxygen atoms in total. The maximum atomic E-state index is 10.1. The number of esters is 2. The fourth-order valence-electron chi connectivity index (χ4n) is 0.242. The SMILES string of the molecule is O=C(O)OC(=O)C(=O)OC(=O)O.[La].[La].[La].[La]. The van der Waals surface area contributed by atoms with Gasteiger partial charge in [-0.3, -0.25) is 0 Å². The molecule has 0 spiro atoms. The summed E-state index contributed by atoms with van der Waals surface area (Å²) < 4.78 is 6.51. The Morgan fingerprint density at radius 1 is 0.625 bits per heavy atom. The minimum absolute atomic E-state index is 0. The van der Waals surface area contributed by atoms with Crippen molar-refractivity contribution in [3.05, 3.63) is 0 Å². The number of carbonyl (C=O) groups excluding carboxylic acids is 2. The molecule has 12 heteroatoms. The second-order valence-corrected chi connectivity index (χ2v) is 1.31. The first-order valence-corrected chi connectivity index (χ1v) is 2.33. The van der Waals surface area contributed by atoms with Gasteiger partial charge in [0.1, 0.15) is 0 Å². The Balaban J connectivity index is -0.000000101. The van der Waals surface area contributed by atoms with E-state index in [-0.39, 0.29) is 142 Å². The molecule has 0 rings (SSSR count). The van der Waals surface area contributed by atoms with Crippen LogP contribution in [0.1, 0.15) is 0 Å². The monoisotopic (exact) mass is 734 g/mol. The van der Waals surface area contributed by atoms with Crippen LogP contribution in [0.2, 0.25) is 0 Å². The van der Waals surface area contributed by atoms with Crippen LogP contribution in [0.25, 0.3) is 0 Å². The average molecular weight is 734 g/mol. The molecular weight excluding hydrogens is 732 g/mol. The van der Waals surface area contributed by atoms with Gasteiger partial charge in [-0.2, -0.15) is 0 Å². The summed E-state index contributed by atoms with van der Waals surface area (Å²) in [6, 6.07) is 0. The van der Waals surface area contributed by atoms with Gasteiger partial charge in [0, 0.05) is 142 Å². The van der Waals surface area contributed by atoms with Gasteiger partial charge < -0.3 is 19.7 Å². The van der Waals surface area contributed by atoms with E-state index in [1.807, 2.05) is 0 Å². The molecule has 0 aromatic rings. The predicted octanol–water partition coefficient (Wildman–Crippen LogP) is -0.571. The third kappa shape index (κ3) is 19.0. The Labute approximate surface area is 201 Å². The van der Waals surface area contributed by atoms with Crippen molar-refractivity contribution in [3.8, 4) is 0 Å². The van der Waals surface area contributed by atoms with Gasteiger partial charge in [0.25, 0.3) is 0 Å². The minimum Gasteiger partial charge on any atom is -0.449 e. The molecule has 2 N–H and O–H groups in total. The van der Waals surface area contributed by atoms with Crippen LogP contribution in [0.3, 0.4) is 0 Å². The fourth-order valence-corrected chi connectivity index (χ4v) is 0.242. The Hall–Kier alpha value is 2.66. The summed E-state index contributed by atoms with van der Waals surface area (Å²) in [6.07, 6.45) is -4.05. The third-order valence-electron chi connectivity index (χ3n) is 0.527. The van der Waals surface area contributed by atoms with Gasteiger partial charge in [0.05, 0.1) is 0 Å². The van der Waals surface area contributed by atoms with E-state index in [1.54, 1.807) is 0 Å². The standard InChI is InChI=1S/C4H2O8.4La/c5-1(11-3(7)8)2(6)12-4(9)10;;;;/h(H,7,8)(H,9,10);;;;. The number of hydrogen-bond donors (Lipinski definition) is 2. The quantitative estimate of drug-likeness (QED) is 0.193. The van der Waals surface area contributed by atoms with Crippen LogP contribution in [0, 0.1) is 142 Å². The van der Waals surface area contributed by atoms with Gasteiger partial charge in [-0.15, -0.1) is 0 Å². The number of rotatable bonds is 0. The third-order valence-corrected chi connectivity index (χ3v) is 0.527. The van der Waals surface area contributed by atoms with E-state index in [2.05, 4.69) is 9.47 Å². The molecule has 16 heavy (non-hydrogen) atoms. The molecule has 0 amide bonds. The van der Waals surface area contributed by atoms with Crippen LogP contribution in [0.5, 0.6) is 0 Å². The molecule has 0 atom stereocenters. The summed E-state index contributed by atoms with van der Waals surface area (Å²) in [4.78, 5) is 39.5. The Morgan fingerprint density at radius 2 is 0.812 bits per heavy atom. The summed E-state index contributed by atoms with van der Waals surface area (Å²) in [6.45, 7) is 0. The number of ether oxygens (including phenoxy) is 2. The van der Waals surface area contributed by atoms with Gasteiger partial charge in [-0.1, -0.05) is 0 Å². The molecule has 0 heterocycles. The van der Waals surface area contributed by atoms with Crippen LogP contribution >= 0.6 is 0 Å². The first-order valence-electron chi connectivity index (χ1n) is 2.33. The van der Waals surface area contributed by atoms with Gasteiger partial charge in [0.15, 0.2) is 0 Å². The molecule has 0 saturated heterocycles. The average Bonchev–Trinajstić information content (AvgIpc) is 1.84. The van der Waals surface area contributed by atoms with E-state index < -0.39 is 24.2 Å². The van der Waals surface area contributed by atoms with E-state index in [1.165, 1.54) is 0 Å². The summed E-state index contributed by atoms with van der Waals surface area (Å²) in [5, 5.41) is 15.5. The number of hydrogen-bond acceptors (Lipinski definition) is 6. The molecule has 0 fully saturated rings. The maximum absolute atomic E-state index is 10.1. The molecular formula is C4H2La4O8. The molecule has 4 radical (unpaired) electrons. The smallest absolute Gasteiger partial charge is 0.449 e. The minimum atomic E-state index is -2.03.